The van der Waals surface area contributed by atoms with Crippen LogP contribution >= 0.6 is 0 Å². The van der Waals surface area contributed by atoms with E-state index in [2.05, 4.69) is 81.8 Å². The number of furan rings is 1. The Morgan fingerprint density at radius 3 is 1.61 bits per heavy atom. The van der Waals surface area contributed by atoms with Gasteiger partial charge >= 0.3 is 0 Å². The molecule has 0 N–H and O–H groups in total. The third-order valence-electron chi connectivity index (χ3n) is 9.01. The van der Waals surface area contributed by atoms with Gasteiger partial charge in [0.15, 0.2) is 17.5 Å². The lowest BCUT2D eigenvalue weighted by molar-refractivity contribution is 0.651. The van der Waals surface area contributed by atoms with Gasteiger partial charge < -0.3 is 4.42 Å². The maximum atomic E-state index is 6.38. The lowest BCUT2D eigenvalue weighted by Crippen LogP contribution is -2.00. The number of imidazole rings is 2. The SMILES string of the molecule is c1ccc(-c2nc(-c3ccccc3)nc(-c3ccc(-c4ccc5c(c4)n(-c4ccccc4)c4nc6c7ccccc7oc6n54)cc3)n2)cc1. The molecule has 49 heavy (non-hydrogen) atoms. The molecule has 0 radical (unpaired) electrons. The van der Waals surface area contributed by atoms with Crippen molar-refractivity contribution in [1.29, 1.82) is 0 Å². The molecule has 0 aliphatic rings. The minimum absolute atomic E-state index is 0.628. The zero-order valence-electron chi connectivity index (χ0n) is 26.1. The van der Waals surface area contributed by atoms with Gasteiger partial charge in [0.05, 0.1) is 11.0 Å². The first kappa shape index (κ1) is 27.3. The van der Waals surface area contributed by atoms with Gasteiger partial charge in [-0.05, 0) is 47.5 Å². The molecule has 4 aromatic heterocycles. The van der Waals surface area contributed by atoms with Gasteiger partial charge in [-0.3, -0.25) is 4.57 Å². The van der Waals surface area contributed by atoms with Crippen LogP contribution in [0.25, 0.3) is 90.0 Å². The second-order valence-electron chi connectivity index (χ2n) is 12.0. The van der Waals surface area contributed by atoms with Gasteiger partial charge in [0.25, 0.3) is 0 Å². The fourth-order valence-corrected chi connectivity index (χ4v) is 6.65. The molecule has 0 saturated heterocycles. The summed E-state index contributed by atoms with van der Waals surface area (Å²) in [5.41, 5.74) is 10.5. The summed E-state index contributed by atoms with van der Waals surface area (Å²) in [6.45, 7) is 0. The largest absolute Gasteiger partial charge is 0.437 e. The lowest BCUT2D eigenvalue weighted by Gasteiger charge is -2.09. The van der Waals surface area contributed by atoms with E-state index in [1.807, 2.05) is 84.9 Å². The molecular weight excluding hydrogens is 605 g/mol. The fourth-order valence-electron chi connectivity index (χ4n) is 6.65. The smallest absolute Gasteiger partial charge is 0.234 e. The summed E-state index contributed by atoms with van der Waals surface area (Å²) >= 11 is 0. The molecule has 7 heteroatoms. The summed E-state index contributed by atoms with van der Waals surface area (Å²) in [5.74, 6) is 2.73. The van der Waals surface area contributed by atoms with E-state index in [0.717, 1.165) is 72.5 Å². The van der Waals surface area contributed by atoms with Gasteiger partial charge in [-0.2, -0.15) is 0 Å². The molecule has 0 aliphatic carbocycles. The van der Waals surface area contributed by atoms with Crippen LogP contribution in [0.5, 0.6) is 0 Å². The highest BCUT2D eigenvalue weighted by molar-refractivity contribution is 6.05. The van der Waals surface area contributed by atoms with Crippen molar-refractivity contribution in [3.8, 4) is 51.0 Å². The lowest BCUT2D eigenvalue weighted by atomic mass is 10.0. The first-order chi connectivity index (χ1) is 24.3. The number of rotatable bonds is 5. The number of benzene rings is 6. The van der Waals surface area contributed by atoms with E-state index in [1.165, 1.54) is 0 Å². The zero-order valence-corrected chi connectivity index (χ0v) is 26.1. The molecule has 0 fully saturated rings. The highest BCUT2D eigenvalue weighted by atomic mass is 16.3. The van der Waals surface area contributed by atoms with E-state index in [4.69, 9.17) is 24.4 Å². The van der Waals surface area contributed by atoms with E-state index < -0.39 is 0 Å². The maximum Gasteiger partial charge on any atom is 0.234 e. The van der Waals surface area contributed by atoms with Crippen LogP contribution in [0.15, 0.2) is 162 Å². The summed E-state index contributed by atoms with van der Waals surface area (Å²) in [4.78, 5) is 19.8. The first-order valence-corrected chi connectivity index (χ1v) is 16.2. The van der Waals surface area contributed by atoms with Gasteiger partial charge in [0, 0.05) is 27.8 Å². The Morgan fingerprint density at radius 2 is 0.959 bits per heavy atom. The van der Waals surface area contributed by atoms with Crippen molar-refractivity contribution in [2.24, 2.45) is 0 Å². The molecule has 6 aromatic carbocycles. The Kier molecular flexibility index (Phi) is 6.04. The van der Waals surface area contributed by atoms with Crippen molar-refractivity contribution >= 4 is 39.0 Å². The van der Waals surface area contributed by atoms with Crippen molar-refractivity contribution in [3.05, 3.63) is 158 Å². The van der Waals surface area contributed by atoms with Crippen LogP contribution in [-0.4, -0.2) is 28.9 Å². The summed E-state index contributed by atoms with van der Waals surface area (Å²) in [7, 11) is 0. The molecule has 0 atom stereocenters. The maximum absolute atomic E-state index is 6.38. The molecule has 7 nitrogen and oxygen atoms in total. The molecule has 0 saturated carbocycles. The highest BCUT2D eigenvalue weighted by Gasteiger charge is 2.22. The summed E-state index contributed by atoms with van der Waals surface area (Å²) in [6.07, 6.45) is 0. The molecule has 0 aliphatic heterocycles. The Labute approximate surface area is 280 Å². The van der Waals surface area contributed by atoms with Crippen LogP contribution in [-0.2, 0) is 0 Å². The van der Waals surface area contributed by atoms with Gasteiger partial charge in [-0.25, -0.2) is 24.3 Å². The van der Waals surface area contributed by atoms with E-state index >= 15 is 0 Å². The summed E-state index contributed by atoms with van der Waals surface area (Å²) in [6, 6.07) is 53.4. The quantitative estimate of drug-likeness (QED) is 0.189. The average Bonchev–Trinajstić information content (AvgIpc) is 3.82. The minimum atomic E-state index is 0.628. The van der Waals surface area contributed by atoms with E-state index in [1.54, 1.807) is 0 Å². The third-order valence-corrected chi connectivity index (χ3v) is 9.01. The second-order valence-corrected chi connectivity index (χ2v) is 12.0. The normalized spacial score (nSPS) is 11.7. The van der Waals surface area contributed by atoms with Crippen LogP contribution in [0, 0.1) is 0 Å². The summed E-state index contributed by atoms with van der Waals surface area (Å²) in [5, 5.41) is 1.01. The zero-order chi connectivity index (χ0) is 32.3. The number of fused-ring (bicyclic) bond motifs is 7. The van der Waals surface area contributed by atoms with Crippen LogP contribution < -0.4 is 0 Å². The third kappa shape index (κ3) is 4.44. The van der Waals surface area contributed by atoms with Gasteiger partial charge in [0.2, 0.25) is 11.5 Å². The molecular formula is C42H26N6O. The van der Waals surface area contributed by atoms with E-state index in [0.29, 0.717) is 17.5 Å². The van der Waals surface area contributed by atoms with Crippen LogP contribution in [0.2, 0.25) is 0 Å². The summed E-state index contributed by atoms with van der Waals surface area (Å²) < 4.78 is 10.7. The van der Waals surface area contributed by atoms with Crippen LogP contribution in [0.3, 0.4) is 0 Å². The standard InChI is InChI=1S/C42H26N6O/c1-4-12-28(13-5-1)38-44-39(29-14-6-2-7-15-29)46-40(45-38)30-22-20-27(21-23-30)31-24-25-34-35(26-31)47(32-16-8-3-9-17-32)42-43-37-33-18-10-11-19-36(33)49-41(37)48(34)42/h1-26H. The Bertz CT molecular complexity index is 2740. The molecule has 0 spiro atoms. The van der Waals surface area contributed by atoms with Crippen molar-refractivity contribution in [1.82, 2.24) is 28.9 Å². The molecule has 10 rings (SSSR count). The average molecular weight is 631 g/mol. The number of hydrogen-bond donors (Lipinski definition) is 0. The Hall–Kier alpha value is -6.86. The number of aromatic nitrogens is 6. The number of nitrogens with zero attached hydrogens (tertiary/aromatic N) is 6. The minimum Gasteiger partial charge on any atom is -0.437 e. The predicted molar refractivity (Wildman–Crippen MR) is 194 cm³/mol. The molecule has 0 bridgehead atoms. The monoisotopic (exact) mass is 630 g/mol. The van der Waals surface area contributed by atoms with Crippen LogP contribution in [0.1, 0.15) is 0 Å². The molecule has 0 amide bonds. The van der Waals surface area contributed by atoms with Crippen LogP contribution in [0.4, 0.5) is 0 Å². The first-order valence-electron chi connectivity index (χ1n) is 16.2. The van der Waals surface area contributed by atoms with Gasteiger partial charge in [-0.15, -0.1) is 0 Å². The highest BCUT2D eigenvalue weighted by Crippen LogP contribution is 2.36. The molecule has 230 valence electrons. The number of hydrogen-bond acceptors (Lipinski definition) is 5. The van der Waals surface area contributed by atoms with E-state index in [-0.39, 0.29) is 0 Å². The van der Waals surface area contributed by atoms with Crippen molar-refractivity contribution < 1.29 is 4.42 Å². The number of para-hydroxylation sites is 2. The topological polar surface area (TPSA) is 74.0 Å². The molecule has 4 heterocycles. The van der Waals surface area contributed by atoms with Crippen molar-refractivity contribution in [2.75, 3.05) is 0 Å². The predicted octanol–water partition coefficient (Wildman–Crippen LogP) is 10.0. The van der Waals surface area contributed by atoms with Gasteiger partial charge in [-0.1, -0.05) is 121 Å². The second kappa shape index (κ2) is 10.9. The van der Waals surface area contributed by atoms with Crippen molar-refractivity contribution in [2.45, 2.75) is 0 Å². The van der Waals surface area contributed by atoms with E-state index in [9.17, 15) is 0 Å². The Morgan fingerprint density at radius 1 is 0.429 bits per heavy atom. The molecule has 10 aromatic rings. The Balaban J connectivity index is 1.10. The van der Waals surface area contributed by atoms with Crippen molar-refractivity contribution in [3.63, 3.8) is 0 Å². The fraction of sp³-hybridized carbons (Fsp3) is 0. The van der Waals surface area contributed by atoms with Gasteiger partial charge in [0.1, 0.15) is 11.1 Å². The molecule has 0 unspecified atom stereocenters.